The summed E-state index contributed by atoms with van der Waals surface area (Å²) in [5.41, 5.74) is -3.15. The molecule has 3 heterocycles. The number of carboxylic acid groups (broad SMARTS) is 1. The number of hydrogen-bond donors (Lipinski definition) is 2. The highest BCUT2D eigenvalue weighted by molar-refractivity contribution is 5.83. The number of H-pyrrole nitrogens is 1. The molecule has 0 saturated heterocycles. The van der Waals surface area contributed by atoms with Gasteiger partial charge in [0.25, 0.3) is 0 Å². The Labute approximate surface area is 229 Å². The number of carbonyl (C=O) groups is 1. The molecule has 1 atom stereocenters. The van der Waals surface area contributed by atoms with Crippen molar-refractivity contribution in [1.29, 1.82) is 0 Å². The number of ether oxygens (including phenoxy) is 1. The van der Waals surface area contributed by atoms with Gasteiger partial charge in [-0.1, -0.05) is 18.1 Å². The lowest BCUT2D eigenvalue weighted by Gasteiger charge is -2.34. The molecule has 1 aliphatic rings. The molecule has 2 N–H and O–H groups in total. The van der Waals surface area contributed by atoms with Crippen molar-refractivity contribution in [2.75, 3.05) is 6.61 Å². The smallest absolute Gasteiger partial charge is 0.417 e. The van der Waals surface area contributed by atoms with E-state index in [0.29, 0.717) is 12.1 Å². The van der Waals surface area contributed by atoms with E-state index in [2.05, 4.69) is 20.2 Å². The first-order chi connectivity index (χ1) is 19.4. The summed E-state index contributed by atoms with van der Waals surface area (Å²) in [5, 5.41) is 19.2. The lowest BCUT2D eigenvalue weighted by molar-refractivity contribution is -0.153. The molecule has 9 nitrogen and oxygen atoms in total. The van der Waals surface area contributed by atoms with E-state index in [1.807, 2.05) is 6.92 Å². The van der Waals surface area contributed by atoms with E-state index in [0.717, 1.165) is 23.2 Å². The van der Waals surface area contributed by atoms with E-state index >= 15 is 0 Å². The van der Waals surface area contributed by atoms with Gasteiger partial charge in [-0.15, -0.1) is 0 Å². The van der Waals surface area contributed by atoms with Crippen LogP contribution in [0.4, 0.5) is 22.0 Å². The number of aromatic amines is 1. The van der Waals surface area contributed by atoms with Crippen LogP contribution >= 0.6 is 0 Å². The first-order valence-electron chi connectivity index (χ1n) is 12.3. The zero-order valence-corrected chi connectivity index (χ0v) is 21.6. The zero-order chi connectivity index (χ0) is 29.5. The largest absolute Gasteiger partial charge is 0.494 e. The van der Waals surface area contributed by atoms with E-state index < -0.39 is 34.9 Å². The summed E-state index contributed by atoms with van der Waals surface area (Å²) in [6, 6.07) is 8.10. The molecular formula is C27H22F5N5O4. The number of hydrazone groups is 1. The Morgan fingerprint density at radius 2 is 1.95 bits per heavy atom. The van der Waals surface area contributed by atoms with Crippen molar-refractivity contribution in [3.05, 3.63) is 76.8 Å². The zero-order valence-electron chi connectivity index (χ0n) is 21.6. The van der Waals surface area contributed by atoms with Crippen molar-refractivity contribution in [2.45, 2.75) is 38.5 Å². The van der Waals surface area contributed by atoms with Gasteiger partial charge in [0, 0.05) is 11.6 Å². The van der Waals surface area contributed by atoms with Crippen LogP contribution < -0.4 is 4.74 Å². The Hall–Kier alpha value is -4.75. The molecule has 14 heteroatoms. The van der Waals surface area contributed by atoms with Gasteiger partial charge in [0.1, 0.15) is 23.0 Å². The van der Waals surface area contributed by atoms with Crippen LogP contribution in [0.25, 0.3) is 22.6 Å². The van der Waals surface area contributed by atoms with Crippen molar-refractivity contribution in [3.8, 4) is 28.4 Å². The summed E-state index contributed by atoms with van der Waals surface area (Å²) >= 11 is 0. The van der Waals surface area contributed by atoms with Crippen molar-refractivity contribution in [2.24, 2.45) is 5.10 Å². The van der Waals surface area contributed by atoms with Crippen LogP contribution in [0, 0.1) is 11.6 Å². The molecular weight excluding hydrogens is 553 g/mol. The molecule has 1 unspecified atom stereocenters. The number of rotatable bonds is 8. The minimum Gasteiger partial charge on any atom is -0.494 e. The van der Waals surface area contributed by atoms with Crippen molar-refractivity contribution in [1.82, 2.24) is 20.1 Å². The summed E-state index contributed by atoms with van der Waals surface area (Å²) in [4.78, 5) is 19.6. The quantitative estimate of drug-likeness (QED) is 0.249. The lowest BCUT2D eigenvalue weighted by atomic mass is 9.95. The second-order valence-corrected chi connectivity index (χ2v) is 9.36. The van der Waals surface area contributed by atoms with Crippen LogP contribution in [0.3, 0.4) is 0 Å². The third kappa shape index (κ3) is 5.00. The molecule has 0 saturated carbocycles. The van der Waals surface area contributed by atoms with Crippen LogP contribution in [-0.2, 0) is 23.1 Å². The predicted octanol–water partition coefficient (Wildman–Crippen LogP) is 5.97. The van der Waals surface area contributed by atoms with E-state index in [1.165, 1.54) is 37.4 Å². The standard InChI is InChI=1S/C27H22F5N5O4/c1-3-9-40-14-7-8-15(17(10-14)27(30,31)32)19-11-22(41-36-19)26(2,25(38)39)37-13-21-20(12-33-37)34-24(35-21)16-5-4-6-18(28)23(16)29/h4-8,10-12H,3,9,13H2,1-2H3,(H,34,35)(H,38,39). The first kappa shape index (κ1) is 27.8. The molecule has 0 fully saturated rings. The number of hydrogen-bond acceptors (Lipinski definition) is 7. The summed E-state index contributed by atoms with van der Waals surface area (Å²) < 4.78 is 80.4. The Balaban J connectivity index is 1.48. The van der Waals surface area contributed by atoms with Gasteiger partial charge >= 0.3 is 12.1 Å². The molecule has 5 rings (SSSR count). The Kier molecular flexibility index (Phi) is 7.01. The van der Waals surface area contributed by atoms with Gasteiger partial charge in [-0.05, 0) is 43.7 Å². The van der Waals surface area contributed by atoms with E-state index in [1.54, 1.807) is 0 Å². The maximum atomic E-state index is 14.3. The Morgan fingerprint density at radius 3 is 2.66 bits per heavy atom. The number of imidazole rings is 1. The third-order valence-electron chi connectivity index (χ3n) is 6.61. The van der Waals surface area contributed by atoms with Gasteiger partial charge in [-0.25, -0.2) is 18.6 Å². The molecule has 0 radical (unpaired) electrons. The molecule has 0 spiro atoms. The maximum absolute atomic E-state index is 14.3. The fourth-order valence-corrected chi connectivity index (χ4v) is 4.32. The van der Waals surface area contributed by atoms with E-state index in [4.69, 9.17) is 9.26 Å². The van der Waals surface area contributed by atoms with Gasteiger partial charge in [0.2, 0.25) is 5.54 Å². The monoisotopic (exact) mass is 575 g/mol. The number of aromatic nitrogens is 3. The van der Waals surface area contributed by atoms with E-state index in [-0.39, 0.29) is 53.0 Å². The number of nitrogens with zero attached hydrogens (tertiary/aromatic N) is 4. The van der Waals surface area contributed by atoms with Gasteiger partial charge in [-0.2, -0.15) is 18.3 Å². The fraction of sp³-hybridized carbons (Fsp3) is 0.259. The number of aliphatic carboxylic acids is 1. The lowest BCUT2D eigenvalue weighted by Crippen LogP contribution is -2.47. The highest BCUT2D eigenvalue weighted by atomic mass is 19.4. The van der Waals surface area contributed by atoms with Crippen molar-refractivity contribution < 1.29 is 41.1 Å². The van der Waals surface area contributed by atoms with Crippen molar-refractivity contribution in [3.63, 3.8) is 0 Å². The SMILES string of the molecule is CCCOc1ccc(-c2cc(C(C)(C(=O)O)N3Cc4[nH]c(-c5cccc(F)c5F)nc4C=N3)on2)c(C(F)(F)F)c1. The third-order valence-corrected chi connectivity index (χ3v) is 6.61. The summed E-state index contributed by atoms with van der Waals surface area (Å²) in [5.74, 6) is -3.88. The fourth-order valence-electron chi connectivity index (χ4n) is 4.32. The molecule has 1 aliphatic heterocycles. The predicted molar refractivity (Wildman–Crippen MR) is 135 cm³/mol. The minimum absolute atomic E-state index is 0.00493. The van der Waals surface area contributed by atoms with Crippen LogP contribution in [0.15, 0.2) is 52.1 Å². The molecule has 41 heavy (non-hydrogen) atoms. The topological polar surface area (TPSA) is 117 Å². The average Bonchev–Trinajstić information content (AvgIpc) is 3.60. The number of halogens is 5. The van der Waals surface area contributed by atoms with Crippen LogP contribution in [0.5, 0.6) is 5.75 Å². The minimum atomic E-state index is -4.76. The maximum Gasteiger partial charge on any atom is 0.417 e. The second kappa shape index (κ2) is 10.3. The van der Waals surface area contributed by atoms with Gasteiger partial charge < -0.3 is 19.4 Å². The highest BCUT2D eigenvalue weighted by Crippen LogP contribution is 2.41. The average molecular weight is 575 g/mol. The molecule has 214 valence electrons. The number of benzene rings is 2. The highest BCUT2D eigenvalue weighted by Gasteiger charge is 2.47. The normalized spacial score (nSPS) is 14.6. The molecule has 2 aromatic heterocycles. The molecule has 4 aromatic rings. The van der Waals surface area contributed by atoms with Gasteiger partial charge in [-0.3, -0.25) is 5.01 Å². The summed E-state index contributed by atoms with van der Waals surface area (Å²) in [7, 11) is 0. The number of nitrogens with one attached hydrogen (secondary N) is 1. The van der Waals surface area contributed by atoms with Crippen LogP contribution in [0.2, 0.25) is 0 Å². The number of fused-ring (bicyclic) bond motifs is 1. The second-order valence-electron chi connectivity index (χ2n) is 9.36. The Morgan fingerprint density at radius 1 is 1.17 bits per heavy atom. The molecule has 0 aliphatic carbocycles. The van der Waals surface area contributed by atoms with Crippen LogP contribution in [-0.4, -0.2) is 44.0 Å². The van der Waals surface area contributed by atoms with E-state index in [9.17, 15) is 31.9 Å². The summed E-state index contributed by atoms with van der Waals surface area (Å²) in [6.07, 6.45) is -2.93. The first-order valence-corrected chi connectivity index (χ1v) is 12.3. The molecule has 2 aromatic carbocycles. The Bertz CT molecular complexity index is 1650. The van der Waals surface area contributed by atoms with Gasteiger partial charge in [0.05, 0.1) is 36.2 Å². The molecule has 0 bridgehead atoms. The van der Waals surface area contributed by atoms with Crippen molar-refractivity contribution >= 4 is 12.2 Å². The van der Waals surface area contributed by atoms with Gasteiger partial charge in [0.15, 0.2) is 17.4 Å². The number of alkyl halides is 3. The van der Waals surface area contributed by atoms with Crippen LogP contribution in [0.1, 0.15) is 43.0 Å². The number of carboxylic acids is 1. The molecule has 0 amide bonds. The summed E-state index contributed by atoms with van der Waals surface area (Å²) in [6.45, 7) is 3.11.